The van der Waals surface area contributed by atoms with Crippen molar-refractivity contribution in [3.8, 4) is 0 Å². The van der Waals surface area contributed by atoms with Crippen LogP contribution in [0.2, 0.25) is 0 Å². The summed E-state index contributed by atoms with van der Waals surface area (Å²) in [6.07, 6.45) is 7.13. The van der Waals surface area contributed by atoms with Crippen LogP contribution in [0.25, 0.3) is 0 Å². The largest absolute Gasteiger partial charge is 0.258 e. The second-order valence-electron chi connectivity index (χ2n) is 5.42. The molecule has 0 spiro atoms. The van der Waals surface area contributed by atoms with E-state index in [2.05, 4.69) is 30.1 Å². The summed E-state index contributed by atoms with van der Waals surface area (Å²) in [5.41, 5.74) is 4.98. The maximum absolute atomic E-state index is 4.02. The average molecular weight is 324 g/mol. The molecule has 0 aliphatic carbocycles. The summed E-state index contributed by atoms with van der Waals surface area (Å²) in [5, 5.41) is 7.66. The number of rotatable bonds is 0. The van der Waals surface area contributed by atoms with Gasteiger partial charge in [0.2, 0.25) is 0 Å². The molecule has 3 rings (SSSR count). The second kappa shape index (κ2) is 10.1. The minimum Gasteiger partial charge on any atom is -0.258 e. The van der Waals surface area contributed by atoms with Crippen molar-refractivity contribution in [1.82, 2.24) is 30.1 Å². The van der Waals surface area contributed by atoms with Crippen molar-refractivity contribution in [3.05, 3.63) is 71.1 Å². The molecule has 0 atom stereocenters. The van der Waals surface area contributed by atoms with E-state index in [1.54, 1.807) is 12.4 Å². The predicted molar refractivity (Wildman–Crippen MR) is 94.5 cm³/mol. The highest BCUT2D eigenvalue weighted by Crippen LogP contribution is 1.91. The van der Waals surface area contributed by atoms with Gasteiger partial charge in [-0.25, -0.2) is 9.97 Å². The molecule has 0 radical (unpaired) electrons. The van der Waals surface area contributed by atoms with Crippen LogP contribution in [0.4, 0.5) is 0 Å². The van der Waals surface area contributed by atoms with Crippen LogP contribution in [0.5, 0.6) is 0 Å². The Morgan fingerprint density at radius 3 is 1.21 bits per heavy atom. The second-order valence-corrected chi connectivity index (χ2v) is 5.42. The van der Waals surface area contributed by atoms with Crippen LogP contribution in [-0.2, 0) is 0 Å². The molecule has 0 unspecified atom stereocenters. The first-order valence-corrected chi connectivity index (χ1v) is 7.64. The zero-order valence-corrected chi connectivity index (χ0v) is 15.1. The summed E-state index contributed by atoms with van der Waals surface area (Å²) < 4.78 is 0. The van der Waals surface area contributed by atoms with E-state index in [0.29, 0.717) is 0 Å². The van der Waals surface area contributed by atoms with E-state index < -0.39 is 0 Å². The molecular formula is C18H24N6. The molecule has 0 saturated heterocycles. The number of hydrogen-bond donors (Lipinski definition) is 0. The summed E-state index contributed by atoms with van der Waals surface area (Å²) in [5.74, 6) is 0.829. The molecule has 0 saturated carbocycles. The summed E-state index contributed by atoms with van der Waals surface area (Å²) in [7, 11) is 0. The Kier molecular flexibility index (Phi) is 8.11. The van der Waals surface area contributed by atoms with Crippen LogP contribution in [-0.4, -0.2) is 30.1 Å². The molecule has 0 aliphatic heterocycles. The normalized spacial score (nSPS) is 9.25. The van der Waals surface area contributed by atoms with Crippen LogP contribution in [0.15, 0.2) is 36.9 Å². The highest BCUT2D eigenvalue weighted by atomic mass is 15.1. The lowest BCUT2D eigenvalue weighted by Gasteiger charge is -1.88. The fraction of sp³-hybridized carbons (Fsp3) is 0.333. The fourth-order valence-electron chi connectivity index (χ4n) is 1.38. The number of hydrogen-bond acceptors (Lipinski definition) is 6. The zero-order valence-electron chi connectivity index (χ0n) is 15.1. The van der Waals surface area contributed by atoms with Crippen molar-refractivity contribution in [2.75, 3.05) is 0 Å². The third-order valence-electron chi connectivity index (χ3n) is 2.75. The van der Waals surface area contributed by atoms with Crippen LogP contribution in [0.3, 0.4) is 0 Å². The fourth-order valence-corrected chi connectivity index (χ4v) is 1.38. The molecule has 0 N–H and O–H groups in total. The molecule has 3 heterocycles. The Labute approximate surface area is 143 Å². The average Bonchev–Trinajstić information content (AvgIpc) is 2.57. The summed E-state index contributed by atoms with van der Waals surface area (Å²) in [6.45, 7) is 11.5. The van der Waals surface area contributed by atoms with E-state index >= 15 is 0 Å². The Morgan fingerprint density at radius 1 is 0.500 bits per heavy atom. The first-order valence-electron chi connectivity index (χ1n) is 7.64. The van der Waals surface area contributed by atoms with Gasteiger partial charge in [0.05, 0.1) is 22.8 Å². The highest BCUT2D eigenvalue weighted by Gasteiger charge is 1.84. The van der Waals surface area contributed by atoms with Crippen molar-refractivity contribution in [2.45, 2.75) is 41.5 Å². The minimum atomic E-state index is 0.829. The molecule has 3 aromatic rings. The van der Waals surface area contributed by atoms with Gasteiger partial charge >= 0.3 is 0 Å². The molecule has 24 heavy (non-hydrogen) atoms. The monoisotopic (exact) mass is 324 g/mol. The van der Waals surface area contributed by atoms with Crippen LogP contribution in [0.1, 0.15) is 34.2 Å². The maximum atomic E-state index is 4.02. The lowest BCUT2D eigenvalue weighted by Crippen LogP contribution is -1.86. The molecule has 0 fully saturated rings. The SMILES string of the molecule is Cc1ccc(C)nn1.Cc1cnc(C)cn1.Cc1cnc(C)nc1. The van der Waals surface area contributed by atoms with Gasteiger partial charge in [-0.15, -0.1) is 0 Å². The molecular weight excluding hydrogens is 300 g/mol. The van der Waals surface area contributed by atoms with Gasteiger partial charge in [-0.3, -0.25) is 9.97 Å². The van der Waals surface area contributed by atoms with Gasteiger partial charge in [-0.1, -0.05) is 0 Å². The maximum Gasteiger partial charge on any atom is 0.125 e. The van der Waals surface area contributed by atoms with E-state index in [1.807, 2.05) is 66.1 Å². The smallest absolute Gasteiger partial charge is 0.125 e. The summed E-state index contributed by atoms with van der Waals surface area (Å²) in [6, 6.07) is 3.89. The topological polar surface area (TPSA) is 77.3 Å². The molecule has 0 aliphatic rings. The molecule has 3 aromatic heterocycles. The number of aromatic nitrogens is 6. The van der Waals surface area contributed by atoms with E-state index in [9.17, 15) is 0 Å². The van der Waals surface area contributed by atoms with E-state index in [4.69, 9.17) is 0 Å². The quantitative estimate of drug-likeness (QED) is 0.631. The Hall–Kier alpha value is -2.76. The first-order chi connectivity index (χ1) is 11.4. The van der Waals surface area contributed by atoms with Gasteiger partial charge in [0.15, 0.2) is 0 Å². The molecule has 6 nitrogen and oxygen atoms in total. The van der Waals surface area contributed by atoms with Crippen molar-refractivity contribution in [1.29, 1.82) is 0 Å². The van der Waals surface area contributed by atoms with Crippen LogP contribution in [0, 0.1) is 41.5 Å². The third-order valence-corrected chi connectivity index (χ3v) is 2.75. The Morgan fingerprint density at radius 2 is 0.917 bits per heavy atom. The van der Waals surface area contributed by atoms with Crippen molar-refractivity contribution in [3.63, 3.8) is 0 Å². The third kappa shape index (κ3) is 8.63. The van der Waals surface area contributed by atoms with Gasteiger partial charge in [0.1, 0.15) is 5.82 Å². The lowest BCUT2D eigenvalue weighted by atomic mass is 10.4. The van der Waals surface area contributed by atoms with Gasteiger partial charge in [0.25, 0.3) is 0 Å². The summed E-state index contributed by atoms with van der Waals surface area (Å²) >= 11 is 0. The number of nitrogens with zero attached hydrogens (tertiary/aromatic N) is 6. The number of aryl methyl sites for hydroxylation is 6. The minimum absolute atomic E-state index is 0.829. The van der Waals surface area contributed by atoms with E-state index in [1.165, 1.54) is 0 Å². The van der Waals surface area contributed by atoms with Crippen LogP contribution >= 0.6 is 0 Å². The standard InChI is InChI=1S/3C6H8N2/c1-5-3-8-6(2)4-7-5;1-5-3-7-6(2)8-4-5;1-5-3-4-6(2)8-7-5/h3*3-4H,1-2H3. The van der Waals surface area contributed by atoms with Gasteiger partial charge in [0, 0.05) is 24.8 Å². The molecule has 0 amide bonds. The zero-order chi connectivity index (χ0) is 17.9. The van der Waals surface area contributed by atoms with E-state index in [-0.39, 0.29) is 0 Å². The lowest BCUT2D eigenvalue weighted by molar-refractivity contribution is 0.941. The van der Waals surface area contributed by atoms with Crippen molar-refractivity contribution in [2.24, 2.45) is 0 Å². The highest BCUT2D eigenvalue weighted by molar-refractivity contribution is 5.02. The van der Waals surface area contributed by atoms with Gasteiger partial charge in [-0.05, 0) is 59.2 Å². The van der Waals surface area contributed by atoms with Crippen molar-refractivity contribution >= 4 is 0 Å². The molecule has 0 aromatic carbocycles. The molecule has 0 bridgehead atoms. The van der Waals surface area contributed by atoms with Gasteiger partial charge in [-0.2, -0.15) is 10.2 Å². The van der Waals surface area contributed by atoms with E-state index in [0.717, 1.165) is 34.2 Å². The molecule has 6 heteroatoms. The van der Waals surface area contributed by atoms with Gasteiger partial charge < -0.3 is 0 Å². The van der Waals surface area contributed by atoms with Crippen molar-refractivity contribution < 1.29 is 0 Å². The summed E-state index contributed by atoms with van der Waals surface area (Å²) in [4.78, 5) is 16.0. The Balaban J connectivity index is 0.000000180. The van der Waals surface area contributed by atoms with Crippen LogP contribution < -0.4 is 0 Å². The Bertz CT molecular complexity index is 540. The molecule has 126 valence electrons. The predicted octanol–water partition coefficient (Wildman–Crippen LogP) is 3.28. The first kappa shape index (κ1) is 19.3.